The van der Waals surface area contributed by atoms with Crippen LogP contribution in [-0.2, 0) is 20.4 Å². The van der Waals surface area contributed by atoms with Crippen molar-refractivity contribution in [1.82, 2.24) is 9.55 Å². The highest BCUT2D eigenvalue weighted by Gasteiger charge is 2.56. The molecule has 1 saturated heterocycles. The lowest BCUT2D eigenvalue weighted by molar-refractivity contribution is -0.147. The van der Waals surface area contributed by atoms with E-state index in [9.17, 15) is 22.4 Å². The molecule has 0 N–H and O–H groups in total. The second kappa shape index (κ2) is 9.79. The number of thioether (sulfide) groups is 1. The molecule has 3 aromatic rings. The highest BCUT2D eigenvalue weighted by Crippen LogP contribution is 2.57. The van der Waals surface area contributed by atoms with Crippen LogP contribution in [0.3, 0.4) is 0 Å². The van der Waals surface area contributed by atoms with Crippen LogP contribution in [0.5, 0.6) is 0 Å². The fourth-order valence-corrected chi connectivity index (χ4v) is 6.66. The first-order chi connectivity index (χ1) is 17.7. The summed E-state index contributed by atoms with van der Waals surface area (Å²) >= 11 is 1.52. The number of rotatable bonds is 5. The predicted molar refractivity (Wildman–Crippen MR) is 130 cm³/mol. The van der Waals surface area contributed by atoms with Crippen LogP contribution in [-0.4, -0.2) is 41.1 Å². The first-order valence-electron chi connectivity index (χ1n) is 11.9. The number of alkyl halides is 3. The van der Waals surface area contributed by atoms with Crippen LogP contribution < -0.4 is 0 Å². The largest absolute Gasteiger partial charge is 0.469 e. The minimum Gasteiger partial charge on any atom is -0.469 e. The van der Waals surface area contributed by atoms with E-state index >= 15 is 0 Å². The molecule has 5 rings (SSSR count). The second-order valence-electron chi connectivity index (χ2n) is 9.55. The van der Waals surface area contributed by atoms with Gasteiger partial charge >= 0.3 is 12.1 Å². The third-order valence-corrected chi connectivity index (χ3v) is 8.42. The average Bonchev–Trinajstić information content (AvgIpc) is 3.63. The van der Waals surface area contributed by atoms with E-state index in [2.05, 4.69) is 4.98 Å². The van der Waals surface area contributed by atoms with E-state index in [0.717, 1.165) is 33.1 Å². The number of carbonyl (C=O) groups is 1. The summed E-state index contributed by atoms with van der Waals surface area (Å²) in [5.41, 5.74) is 0.555. The van der Waals surface area contributed by atoms with Crippen LogP contribution in [0.1, 0.15) is 47.9 Å². The maximum absolute atomic E-state index is 13.7. The number of carbonyl (C=O) groups excluding carboxylic acids is 1. The summed E-state index contributed by atoms with van der Waals surface area (Å²) in [6.45, 7) is 0.360. The minimum absolute atomic E-state index is 0.0976. The predicted octanol–water partition coefficient (Wildman–Crippen LogP) is 6.36. The molecule has 1 unspecified atom stereocenters. The topological polar surface area (TPSA) is 53.4 Å². The molecule has 1 aliphatic heterocycles. The van der Waals surface area contributed by atoms with E-state index < -0.39 is 23.4 Å². The first kappa shape index (κ1) is 25.8. The van der Waals surface area contributed by atoms with Gasteiger partial charge in [-0.25, -0.2) is 9.37 Å². The summed E-state index contributed by atoms with van der Waals surface area (Å²) in [5.74, 6) is -1.54. The van der Waals surface area contributed by atoms with Gasteiger partial charge in [-0.15, -0.1) is 11.8 Å². The lowest BCUT2D eigenvalue weighted by atomic mass is 9.76. The molecule has 4 atom stereocenters. The normalized spacial score (nSPS) is 25.6. The maximum Gasteiger partial charge on any atom is 0.433 e. The standard InChI is InChI=1S/C27H26F4N2O3S/c1-35-25(34)20-9-10-26(24(20)16-3-5-18(28)6-4-16)12-17(14-36-26)21-11-19(7-8-22(21)37-2)33-15-32-13-23(33)27(29,30)31/h3-8,11,13,15,17,20,24H,9-10,12,14H2,1-2H3/t17-,20?,24-,26-/m1/s1. The summed E-state index contributed by atoms with van der Waals surface area (Å²) in [7, 11) is 1.36. The zero-order valence-corrected chi connectivity index (χ0v) is 21.1. The van der Waals surface area contributed by atoms with Crippen molar-refractivity contribution in [3.05, 3.63) is 77.6 Å². The summed E-state index contributed by atoms with van der Waals surface area (Å²) < 4.78 is 66.9. The molecule has 0 bridgehead atoms. The van der Waals surface area contributed by atoms with Crippen LogP contribution in [0.2, 0.25) is 0 Å². The third-order valence-electron chi connectivity index (χ3n) is 7.60. The zero-order valence-electron chi connectivity index (χ0n) is 20.3. The molecule has 2 aliphatic rings. The quantitative estimate of drug-likeness (QED) is 0.217. The molecule has 1 spiro atoms. The van der Waals surface area contributed by atoms with E-state index in [1.54, 1.807) is 24.3 Å². The number of hydrogen-bond acceptors (Lipinski definition) is 5. The SMILES string of the molecule is COC(=O)C1CC[C@@]2(C[C@@H](c3cc(-n4cncc4C(F)(F)F)ccc3SC)CO2)[C@@H]1c1ccc(F)cc1. The smallest absolute Gasteiger partial charge is 0.433 e. The Hall–Kier alpha value is -2.85. The van der Waals surface area contributed by atoms with Crippen molar-refractivity contribution in [3.63, 3.8) is 0 Å². The van der Waals surface area contributed by atoms with E-state index in [-0.39, 0.29) is 23.6 Å². The lowest BCUT2D eigenvalue weighted by Gasteiger charge is -2.33. The van der Waals surface area contributed by atoms with Gasteiger partial charge in [0.1, 0.15) is 11.5 Å². The number of imidazole rings is 1. The summed E-state index contributed by atoms with van der Waals surface area (Å²) in [6.07, 6.45) is 1.14. The van der Waals surface area contributed by atoms with Gasteiger partial charge in [0.25, 0.3) is 0 Å². The highest BCUT2D eigenvalue weighted by molar-refractivity contribution is 7.98. The third kappa shape index (κ3) is 4.65. The van der Waals surface area contributed by atoms with Crippen molar-refractivity contribution in [3.8, 4) is 5.69 Å². The molecule has 2 fully saturated rings. The lowest BCUT2D eigenvalue weighted by Crippen LogP contribution is -2.35. The van der Waals surface area contributed by atoms with Crippen molar-refractivity contribution in [2.75, 3.05) is 20.0 Å². The van der Waals surface area contributed by atoms with E-state index in [4.69, 9.17) is 9.47 Å². The van der Waals surface area contributed by atoms with Gasteiger partial charge in [0, 0.05) is 22.4 Å². The van der Waals surface area contributed by atoms with E-state index in [1.165, 1.54) is 31.0 Å². The number of halogens is 4. The van der Waals surface area contributed by atoms with Gasteiger partial charge in [-0.05, 0) is 67.0 Å². The number of esters is 1. The molecule has 1 aliphatic carbocycles. The summed E-state index contributed by atoms with van der Waals surface area (Å²) in [5, 5.41) is 0. The van der Waals surface area contributed by atoms with Crippen LogP contribution in [0, 0.1) is 11.7 Å². The first-order valence-corrected chi connectivity index (χ1v) is 13.1. The van der Waals surface area contributed by atoms with E-state index in [0.29, 0.717) is 31.6 Å². The Morgan fingerprint density at radius 3 is 2.65 bits per heavy atom. The molecule has 5 nitrogen and oxygen atoms in total. The van der Waals surface area contributed by atoms with Crippen LogP contribution in [0.4, 0.5) is 17.6 Å². The van der Waals surface area contributed by atoms with Crippen molar-refractivity contribution in [2.24, 2.45) is 5.92 Å². The van der Waals surface area contributed by atoms with Gasteiger partial charge in [-0.2, -0.15) is 13.2 Å². The molecule has 1 aromatic heterocycles. The molecule has 10 heteroatoms. The molecule has 0 amide bonds. The Morgan fingerprint density at radius 1 is 1.22 bits per heavy atom. The van der Waals surface area contributed by atoms with Crippen LogP contribution in [0.25, 0.3) is 5.69 Å². The number of methoxy groups -OCH3 is 1. The van der Waals surface area contributed by atoms with Gasteiger partial charge in [0.2, 0.25) is 0 Å². The molecule has 37 heavy (non-hydrogen) atoms. The zero-order chi connectivity index (χ0) is 26.4. The molecule has 1 saturated carbocycles. The van der Waals surface area contributed by atoms with Crippen LogP contribution >= 0.6 is 11.8 Å². The Labute approximate surface area is 216 Å². The highest BCUT2D eigenvalue weighted by atomic mass is 32.2. The number of aromatic nitrogens is 2. The van der Waals surface area contributed by atoms with E-state index in [1.807, 2.05) is 12.3 Å². The second-order valence-corrected chi connectivity index (χ2v) is 10.4. The monoisotopic (exact) mass is 534 g/mol. The van der Waals surface area contributed by atoms with Crippen molar-refractivity contribution < 1.29 is 31.8 Å². The van der Waals surface area contributed by atoms with Crippen molar-refractivity contribution >= 4 is 17.7 Å². The number of ether oxygens (including phenoxy) is 2. The Balaban J connectivity index is 1.51. The molecular formula is C27H26F4N2O3S. The fraction of sp³-hybridized carbons (Fsp3) is 0.407. The molecular weight excluding hydrogens is 508 g/mol. The Kier molecular flexibility index (Phi) is 6.83. The molecule has 2 heterocycles. The maximum atomic E-state index is 13.7. The Morgan fingerprint density at radius 2 is 1.97 bits per heavy atom. The van der Waals surface area contributed by atoms with Gasteiger partial charge in [0.15, 0.2) is 0 Å². The molecule has 0 radical (unpaired) electrons. The molecule has 196 valence electrons. The minimum atomic E-state index is -4.54. The van der Waals surface area contributed by atoms with Crippen molar-refractivity contribution in [2.45, 2.75) is 47.8 Å². The number of benzene rings is 2. The number of hydrogen-bond donors (Lipinski definition) is 0. The van der Waals surface area contributed by atoms with Gasteiger partial charge < -0.3 is 9.47 Å². The summed E-state index contributed by atoms with van der Waals surface area (Å²) in [6, 6.07) is 11.4. The Bertz CT molecular complexity index is 1290. The summed E-state index contributed by atoms with van der Waals surface area (Å²) in [4.78, 5) is 17.4. The van der Waals surface area contributed by atoms with Crippen LogP contribution in [0.15, 0.2) is 59.9 Å². The molecule has 2 aromatic carbocycles. The van der Waals surface area contributed by atoms with Gasteiger partial charge in [-0.3, -0.25) is 9.36 Å². The average molecular weight is 535 g/mol. The fourth-order valence-electron chi connectivity index (χ4n) is 5.99. The van der Waals surface area contributed by atoms with Crippen molar-refractivity contribution in [1.29, 1.82) is 0 Å². The van der Waals surface area contributed by atoms with Gasteiger partial charge in [0.05, 0.1) is 37.8 Å². The van der Waals surface area contributed by atoms with Gasteiger partial charge in [-0.1, -0.05) is 12.1 Å². The number of nitrogens with zero attached hydrogens (tertiary/aromatic N) is 2.